The second-order valence-electron chi connectivity index (χ2n) is 6.24. The van der Waals surface area contributed by atoms with Gasteiger partial charge in [0, 0.05) is 23.9 Å². The number of hydrogen-bond donors (Lipinski definition) is 2. The van der Waals surface area contributed by atoms with Crippen molar-refractivity contribution in [2.45, 2.75) is 6.42 Å². The summed E-state index contributed by atoms with van der Waals surface area (Å²) in [6, 6.07) is 7.88. The van der Waals surface area contributed by atoms with Crippen LogP contribution in [0.5, 0.6) is 5.75 Å². The maximum Gasteiger partial charge on any atom is 0.337 e. The Morgan fingerprint density at radius 2 is 2.21 bits per heavy atom. The molecule has 0 radical (unpaired) electrons. The van der Waals surface area contributed by atoms with E-state index >= 15 is 0 Å². The Labute approximate surface area is 171 Å². The van der Waals surface area contributed by atoms with Crippen LogP contribution in [-0.2, 0) is 20.7 Å². The van der Waals surface area contributed by atoms with E-state index < -0.39 is 17.7 Å². The van der Waals surface area contributed by atoms with Crippen molar-refractivity contribution in [3.8, 4) is 5.75 Å². The fourth-order valence-corrected chi connectivity index (χ4v) is 3.62. The van der Waals surface area contributed by atoms with E-state index in [1.54, 1.807) is 11.3 Å². The highest BCUT2D eigenvalue weighted by molar-refractivity contribution is 7.09. The van der Waals surface area contributed by atoms with Crippen LogP contribution in [0.15, 0.2) is 47.0 Å². The van der Waals surface area contributed by atoms with Gasteiger partial charge in [-0.3, -0.25) is 4.79 Å². The van der Waals surface area contributed by atoms with Gasteiger partial charge in [-0.1, -0.05) is 6.07 Å². The van der Waals surface area contributed by atoms with Crippen molar-refractivity contribution in [2.75, 3.05) is 38.7 Å². The van der Waals surface area contributed by atoms with E-state index in [0.29, 0.717) is 18.8 Å². The van der Waals surface area contributed by atoms with Crippen LogP contribution in [-0.4, -0.2) is 55.3 Å². The molecule has 2 N–H and O–H groups in total. The highest BCUT2D eigenvalue weighted by atomic mass is 32.1. The van der Waals surface area contributed by atoms with E-state index in [-0.39, 0.29) is 36.7 Å². The number of benzene rings is 1. The van der Waals surface area contributed by atoms with E-state index in [1.165, 1.54) is 30.2 Å². The molecule has 1 aromatic heterocycles. The number of β-amino-alcohol motifs (C(OH)–C–C–N with tert-alkyl or cyclic N) is 1. The lowest BCUT2D eigenvalue weighted by Gasteiger charge is -2.16. The highest BCUT2D eigenvalue weighted by Gasteiger charge is 2.34. The Balaban J connectivity index is 1.82. The molecule has 1 aromatic carbocycles. The normalized spacial score (nSPS) is 13.8. The van der Waals surface area contributed by atoms with Gasteiger partial charge in [-0.2, -0.15) is 0 Å². The fourth-order valence-electron chi connectivity index (χ4n) is 2.93. The van der Waals surface area contributed by atoms with Crippen molar-refractivity contribution in [3.05, 3.63) is 57.7 Å². The number of carbonyl (C=O) groups is 2. The van der Waals surface area contributed by atoms with Crippen LogP contribution in [0.4, 0.5) is 10.1 Å². The number of nitrogens with zero attached hydrogens (tertiary/aromatic N) is 1. The molecule has 1 aliphatic heterocycles. The first-order chi connectivity index (χ1) is 14.0. The summed E-state index contributed by atoms with van der Waals surface area (Å²) in [5.74, 6) is -1.31. The first-order valence-corrected chi connectivity index (χ1v) is 9.84. The van der Waals surface area contributed by atoms with Gasteiger partial charge in [-0.25, -0.2) is 9.18 Å². The fraction of sp³-hybridized carbons (Fsp3) is 0.300. The third-order valence-electron chi connectivity index (χ3n) is 4.34. The van der Waals surface area contributed by atoms with Gasteiger partial charge in [0.25, 0.3) is 5.91 Å². The first kappa shape index (κ1) is 20.8. The van der Waals surface area contributed by atoms with Crippen LogP contribution in [0.25, 0.3) is 0 Å². The molecule has 154 valence electrons. The number of ether oxygens (including phenoxy) is 2. The molecule has 0 saturated heterocycles. The predicted octanol–water partition coefficient (Wildman–Crippen LogP) is 2.18. The lowest BCUT2D eigenvalue weighted by atomic mass is 10.2. The van der Waals surface area contributed by atoms with Crippen molar-refractivity contribution < 1.29 is 28.6 Å². The Morgan fingerprint density at radius 3 is 2.90 bits per heavy atom. The summed E-state index contributed by atoms with van der Waals surface area (Å²) in [4.78, 5) is 27.2. The number of carbonyl (C=O) groups excluding carboxylic acids is 2. The standard InChI is InChI=1S/C20H21FN2O5S/c1-27-20(26)15-12-23(7-8-24)19(25)18(15)22-16-11-13(21)4-5-17(16)28-9-6-14-3-2-10-29-14/h2-5,10-11,22,24H,6-9,12H2,1H3. The summed E-state index contributed by atoms with van der Waals surface area (Å²) < 4.78 is 24.4. The number of methoxy groups -OCH3 is 1. The summed E-state index contributed by atoms with van der Waals surface area (Å²) in [6.45, 7) is 0.189. The number of thiophene rings is 1. The number of halogens is 1. The van der Waals surface area contributed by atoms with Crippen molar-refractivity contribution in [1.29, 1.82) is 0 Å². The second-order valence-corrected chi connectivity index (χ2v) is 7.27. The van der Waals surface area contributed by atoms with Crippen LogP contribution in [0.3, 0.4) is 0 Å². The van der Waals surface area contributed by atoms with Gasteiger partial charge in [0.05, 0.1) is 38.1 Å². The molecule has 0 saturated carbocycles. The maximum absolute atomic E-state index is 13.9. The number of aliphatic hydroxyl groups excluding tert-OH is 1. The highest BCUT2D eigenvalue weighted by Crippen LogP contribution is 2.30. The quantitative estimate of drug-likeness (QED) is 0.605. The molecule has 9 heteroatoms. The average molecular weight is 420 g/mol. The van der Waals surface area contributed by atoms with Crippen LogP contribution in [0.1, 0.15) is 4.88 Å². The topological polar surface area (TPSA) is 88.1 Å². The van der Waals surface area contributed by atoms with Crippen molar-refractivity contribution in [3.63, 3.8) is 0 Å². The number of anilines is 1. The Morgan fingerprint density at radius 1 is 1.38 bits per heavy atom. The van der Waals surface area contributed by atoms with Crippen LogP contribution >= 0.6 is 11.3 Å². The third-order valence-corrected chi connectivity index (χ3v) is 5.28. The van der Waals surface area contributed by atoms with E-state index in [4.69, 9.17) is 14.6 Å². The lowest BCUT2D eigenvalue weighted by molar-refractivity contribution is -0.136. The zero-order chi connectivity index (χ0) is 20.8. The molecule has 0 atom stereocenters. The maximum atomic E-state index is 13.9. The van der Waals surface area contributed by atoms with E-state index in [1.807, 2.05) is 17.5 Å². The minimum absolute atomic E-state index is 0.00170. The Hall–Kier alpha value is -2.91. The Kier molecular flexibility index (Phi) is 6.84. The first-order valence-electron chi connectivity index (χ1n) is 8.97. The van der Waals surface area contributed by atoms with Gasteiger partial charge >= 0.3 is 5.97 Å². The molecule has 0 bridgehead atoms. The van der Waals surface area contributed by atoms with Crippen molar-refractivity contribution in [2.24, 2.45) is 0 Å². The van der Waals surface area contributed by atoms with Crippen LogP contribution < -0.4 is 10.1 Å². The number of esters is 1. The van der Waals surface area contributed by atoms with E-state index in [0.717, 1.165) is 4.88 Å². The van der Waals surface area contributed by atoms with Gasteiger partial charge in [-0.15, -0.1) is 11.3 Å². The largest absolute Gasteiger partial charge is 0.491 e. The van der Waals surface area contributed by atoms with Gasteiger partial charge in [0.2, 0.25) is 0 Å². The van der Waals surface area contributed by atoms with E-state index in [2.05, 4.69) is 5.32 Å². The molecule has 3 rings (SSSR count). The van der Waals surface area contributed by atoms with Gasteiger partial charge in [0.15, 0.2) is 0 Å². The Bertz CT molecular complexity index is 914. The molecule has 2 aromatic rings. The average Bonchev–Trinajstić information content (AvgIpc) is 3.33. The SMILES string of the molecule is COC(=O)C1=C(Nc2cc(F)ccc2OCCc2cccs2)C(=O)N(CCO)C1. The molecule has 0 fully saturated rings. The summed E-state index contributed by atoms with van der Waals surface area (Å²) >= 11 is 1.62. The number of hydrogen-bond acceptors (Lipinski definition) is 7. The molecule has 0 spiro atoms. The monoisotopic (exact) mass is 420 g/mol. The van der Waals surface area contributed by atoms with Gasteiger partial charge in [-0.05, 0) is 23.6 Å². The summed E-state index contributed by atoms with van der Waals surface area (Å²) in [6.07, 6.45) is 0.688. The zero-order valence-corrected chi connectivity index (χ0v) is 16.6. The van der Waals surface area contributed by atoms with Gasteiger partial charge < -0.3 is 24.8 Å². The summed E-state index contributed by atoms with van der Waals surface area (Å²) in [5, 5.41) is 14.0. The molecule has 1 amide bonds. The molecule has 29 heavy (non-hydrogen) atoms. The molecule has 0 unspecified atom stereocenters. The molecular weight excluding hydrogens is 399 g/mol. The number of aliphatic hydroxyl groups is 1. The summed E-state index contributed by atoms with van der Waals surface area (Å²) in [7, 11) is 1.22. The predicted molar refractivity (Wildman–Crippen MR) is 106 cm³/mol. The van der Waals surface area contributed by atoms with Crippen LogP contribution in [0, 0.1) is 5.82 Å². The lowest BCUT2D eigenvalue weighted by Crippen LogP contribution is -2.31. The number of rotatable bonds is 9. The zero-order valence-electron chi connectivity index (χ0n) is 15.8. The minimum Gasteiger partial charge on any atom is -0.491 e. The van der Waals surface area contributed by atoms with E-state index in [9.17, 15) is 14.0 Å². The third kappa shape index (κ3) is 4.93. The second kappa shape index (κ2) is 9.53. The van der Waals surface area contributed by atoms with Crippen molar-refractivity contribution >= 4 is 28.9 Å². The molecule has 1 aliphatic rings. The molecular formula is C20H21FN2O5S. The molecule has 0 aliphatic carbocycles. The molecule has 2 heterocycles. The number of nitrogens with one attached hydrogen (secondary N) is 1. The smallest absolute Gasteiger partial charge is 0.337 e. The minimum atomic E-state index is -0.669. The number of amides is 1. The summed E-state index contributed by atoms with van der Waals surface area (Å²) in [5.41, 5.74) is 0.325. The van der Waals surface area contributed by atoms with Crippen LogP contribution in [0.2, 0.25) is 0 Å². The van der Waals surface area contributed by atoms with Gasteiger partial charge in [0.1, 0.15) is 17.3 Å². The molecule has 7 nitrogen and oxygen atoms in total. The van der Waals surface area contributed by atoms with Crippen molar-refractivity contribution in [1.82, 2.24) is 4.90 Å².